The van der Waals surface area contributed by atoms with Crippen molar-refractivity contribution in [3.63, 3.8) is 0 Å². The maximum absolute atomic E-state index is 13.2. The lowest BCUT2D eigenvalue weighted by molar-refractivity contribution is 0.624. The lowest BCUT2D eigenvalue weighted by atomic mass is 10.3. The Morgan fingerprint density at radius 3 is 2.93 bits per heavy atom. The lowest BCUT2D eigenvalue weighted by Gasteiger charge is -1.94. The Bertz CT molecular complexity index is 446. The van der Waals surface area contributed by atoms with E-state index in [1.54, 1.807) is 6.07 Å². The van der Waals surface area contributed by atoms with Crippen LogP contribution in [0.5, 0.6) is 0 Å². The van der Waals surface area contributed by atoms with Crippen LogP contribution in [0.15, 0.2) is 18.5 Å². The molecular weight excluding hydrogens is 225 g/mol. The monoisotopic (exact) mass is 229 g/mol. The van der Waals surface area contributed by atoms with E-state index in [0.717, 1.165) is 6.20 Å². The fraction of sp³-hybridized carbons (Fsp3) is 0.125. The average Bonchev–Trinajstić information content (AvgIpc) is 2.67. The van der Waals surface area contributed by atoms with E-state index >= 15 is 0 Å². The Morgan fingerprint density at radius 2 is 2.29 bits per heavy atom. The fourth-order valence-corrected chi connectivity index (χ4v) is 1.90. The maximum Gasteiger partial charge on any atom is 0.151 e. The summed E-state index contributed by atoms with van der Waals surface area (Å²) in [5, 5.41) is 8.84. The fourth-order valence-electron chi connectivity index (χ4n) is 0.965. The number of aromatic nitrogens is 3. The van der Waals surface area contributed by atoms with Crippen molar-refractivity contribution in [2.75, 3.05) is 0 Å². The Balaban J connectivity index is 2.44. The van der Waals surface area contributed by atoms with E-state index in [9.17, 15) is 4.39 Å². The van der Waals surface area contributed by atoms with Crippen LogP contribution in [0, 0.1) is 5.82 Å². The van der Waals surface area contributed by atoms with Crippen molar-refractivity contribution in [3.8, 4) is 10.6 Å². The summed E-state index contributed by atoms with van der Waals surface area (Å²) in [6, 6.07) is 1.56. The predicted molar refractivity (Wildman–Crippen MR) is 52.7 cm³/mol. The molecule has 0 unspecified atom stereocenters. The van der Waals surface area contributed by atoms with Crippen molar-refractivity contribution in [3.05, 3.63) is 29.3 Å². The van der Waals surface area contributed by atoms with Crippen LogP contribution in [-0.4, -0.2) is 15.2 Å². The first kappa shape index (κ1) is 9.48. The summed E-state index contributed by atoms with van der Waals surface area (Å²) in [7, 11) is 0. The lowest BCUT2D eigenvalue weighted by Crippen LogP contribution is -1.84. The van der Waals surface area contributed by atoms with Crippen molar-refractivity contribution >= 4 is 22.9 Å². The molecule has 2 heterocycles. The molecule has 0 N–H and O–H groups in total. The van der Waals surface area contributed by atoms with Crippen LogP contribution in [-0.2, 0) is 5.88 Å². The van der Waals surface area contributed by atoms with E-state index in [2.05, 4.69) is 15.2 Å². The van der Waals surface area contributed by atoms with Crippen LogP contribution in [0.2, 0.25) is 0 Å². The van der Waals surface area contributed by atoms with E-state index in [4.69, 9.17) is 11.6 Å². The molecule has 0 radical (unpaired) electrons. The van der Waals surface area contributed by atoms with Gasteiger partial charge in [0.2, 0.25) is 0 Å². The average molecular weight is 230 g/mol. The van der Waals surface area contributed by atoms with Crippen LogP contribution in [0.25, 0.3) is 10.6 Å². The molecule has 0 amide bonds. The van der Waals surface area contributed by atoms with Crippen LogP contribution < -0.4 is 0 Å². The molecule has 0 aromatic carbocycles. The molecule has 0 fully saturated rings. The van der Waals surface area contributed by atoms with Gasteiger partial charge in [-0.15, -0.1) is 21.8 Å². The predicted octanol–water partition coefficient (Wildman–Crippen LogP) is 2.48. The van der Waals surface area contributed by atoms with E-state index in [-0.39, 0.29) is 0 Å². The second-order valence-electron chi connectivity index (χ2n) is 2.49. The Morgan fingerprint density at radius 1 is 1.43 bits per heavy atom. The summed E-state index contributed by atoms with van der Waals surface area (Å²) in [5.41, 5.74) is 0.411. The number of hydrogen-bond acceptors (Lipinski definition) is 4. The highest BCUT2D eigenvalue weighted by Crippen LogP contribution is 2.25. The molecule has 72 valence electrons. The Hall–Kier alpha value is -1.07. The SMILES string of the molecule is Fc1cnccc1-c1nnc(CCl)s1. The largest absolute Gasteiger partial charge is 0.262 e. The van der Waals surface area contributed by atoms with E-state index in [1.807, 2.05) is 0 Å². The minimum atomic E-state index is -0.398. The van der Waals surface area contributed by atoms with Crippen molar-refractivity contribution < 1.29 is 4.39 Å². The zero-order chi connectivity index (χ0) is 9.97. The molecule has 6 heteroatoms. The van der Waals surface area contributed by atoms with Gasteiger partial charge in [0.1, 0.15) is 5.01 Å². The van der Waals surface area contributed by atoms with Crippen molar-refractivity contribution in [2.24, 2.45) is 0 Å². The number of hydrogen-bond donors (Lipinski definition) is 0. The third kappa shape index (κ3) is 1.73. The van der Waals surface area contributed by atoms with Crippen molar-refractivity contribution in [2.45, 2.75) is 5.88 Å². The Labute approximate surface area is 88.6 Å². The van der Waals surface area contributed by atoms with Gasteiger partial charge in [-0.2, -0.15) is 0 Å². The summed E-state index contributed by atoms with van der Waals surface area (Å²) in [6.45, 7) is 0. The molecule has 0 spiro atoms. The molecule has 0 atom stereocenters. The summed E-state index contributed by atoms with van der Waals surface area (Å²) in [4.78, 5) is 3.65. The molecule has 0 bridgehead atoms. The van der Waals surface area contributed by atoms with Gasteiger partial charge < -0.3 is 0 Å². The first-order valence-electron chi connectivity index (χ1n) is 3.79. The number of alkyl halides is 1. The quantitative estimate of drug-likeness (QED) is 0.743. The third-order valence-electron chi connectivity index (χ3n) is 1.58. The molecule has 0 aliphatic heterocycles. The van der Waals surface area contributed by atoms with E-state index in [1.165, 1.54) is 17.5 Å². The molecule has 0 aliphatic carbocycles. The smallest absolute Gasteiger partial charge is 0.151 e. The van der Waals surface area contributed by atoms with Gasteiger partial charge in [0.05, 0.1) is 17.6 Å². The molecule has 14 heavy (non-hydrogen) atoms. The van der Waals surface area contributed by atoms with Gasteiger partial charge in [-0.25, -0.2) is 4.39 Å². The Kier molecular flexibility index (Phi) is 2.69. The van der Waals surface area contributed by atoms with E-state index < -0.39 is 5.82 Å². The van der Waals surface area contributed by atoms with Gasteiger partial charge in [-0.05, 0) is 6.07 Å². The third-order valence-corrected chi connectivity index (χ3v) is 2.95. The number of rotatable bonds is 2. The minimum absolute atomic E-state index is 0.296. The van der Waals surface area contributed by atoms with Crippen LogP contribution in [0.3, 0.4) is 0 Å². The molecule has 2 rings (SSSR count). The standard InChI is InChI=1S/C8H5ClFN3S/c9-3-7-12-13-8(14-7)5-1-2-11-4-6(5)10/h1-2,4H,3H2. The van der Waals surface area contributed by atoms with Crippen molar-refractivity contribution in [1.29, 1.82) is 0 Å². The number of nitrogens with zero attached hydrogens (tertiary/aromatic N) is 3. The summed E-state index contributed by atoms with van der Waals surface area (Å²) >= 11 is 6.85. The van der Waals surface area contributed by atoms with Crippen LogP contribution >= 0.6 is 22.9 Å². The highest BCUT2D eigenvalue weighted by atomic mass is 35.5. The highest BCUT2D eigenvalue weighted by Gasteiger charge is 2.09. The van der Waals surface area contributed by atoms with E-state index in [0.29, 0.717) is 21.5 Å². The summed E-state index contributed by atoms with van der Waals surface area (Å²) in [6.07, 6.45) is 2.66. The topological polar surface area (TPSA) is 38.7 Å². The maximum atomic E-state index is 13.2. The van der Waals surface area contributed by atoms with Gasteiger partial charge >= 0.3 is 0 Å². The molecule has 3 nitrogen and oxygen atoms in total. The van der Waals surface area contributed by atoms with Gasteiger partial charge in [-0.1, -0.05) is 11.3 Å². The van der Waals surface area contributed by atoms with Gasteiger partial charge in [0.15, 0.2) is 10.8 Å². The first-order chi connectivity index (χ1) is 6.81. The van der Waals surface area contributed by atoms with Gasteiger partial charge in [-0.3, -0.25) is 4.98 Å². The molecule has 2 aromatic rings. The normalized spacial score (nSPS) is 10.4. The molecule has 0 aliphatic rings. The minimum Gasteiger partial charge on any atom is -0.262 e. The molecular formula is C8H5ClFN3S. The highest BCUT2D eigenvalue weighted by molar-refractivity contribution is 7.14. The number of halogens is 2. The second kappa shape index (κ2) is 3.98. The second-order valence-corrected chi connectivity index (χ2v) is 3.82. The molecule has 2 aromatic heterocycles. The van der Waals surface area contributed by atoms with Gasteiger partial charge in [0.25, 0.3) is 0 Å². The van der Waals surface area contributed by atoms with Crippen LogP contribution in [0.1, 0.15) is 5.01 Å². The summed E-state index contributed by atoms with van der Waals surface area (Å²) < 4.78 is 13.2. The first-order valence-corrected chi connectivity index (χ1v) is 5.14. The zero-order valence-electron chi connectivity index (χ0n) is 6.94. The van der Waals surface area contributed by atoms with Crippen LogP contribution in [0.4, 0.5) is 4.39 Å². The molecule has 0 saturated carbocycles. The zero-order valence-corrected chi connectivity index (χ0v) is 8.52. The summed E-state index contributed by atoms with van der Waals surface area (Å²) in [5.74, 6) is -0.102. The number of pyridine rings is 1. The van der Waals surface area contributed by atoms with Crippen molar-refractivity contribution in [1.82, 2.24) is 15.2 Å². The molecule has 0 saturated heterocycles. The van der Waals surface area contributed by atoms with Gasteiger partial charge in [0, 0.05) is 6.20 Å².